The smallest absolute Gasteiger partial charge is 0.107 e. The van der Waals surface area contributed by atoms with Gasteiger partial charge in [0.15, 0.2) is 0 Å². The minimum absolute atomic E-state index is 0. The van der Waals surface area contributed by atoms with E-state index in [0.717, 1.165) is 32.7 Å². The van der Waals surface area contributed by atoms with Crippen molar-refractivity contribution in [1.29, 1.82) is 0 Å². The zero-order chi connectivity index (χ0) is 11.6. The molecule has 0 atom stereocenters. The summed E-state index contributed by atoms with van der Waals surface area (Å²) in [5.74, 6) is 0. The van der Waals surface area contributed by atoms with E-state index in [4.69, 9.17) is 4.98 Å². The third-order valence-electron chi connectivity index (χ3n) is 2.89. The molecule has 0 saturated carbocycles. The second-order valence-corrected chi connectivity index (χ2v) is 6.35. The lowest BCUT2D eigenvalue weighted by atomic mass is 9.93. The van der Waals surface area contributed by atoms with Crippen LogP contribution in [0.3, 0.4) is 0 Å². The van der Waals surface area contributed by atoms with Crippen LogP contribution in [0, 0.1) is 0 Å². The van der Waals surface area contributed by atoms with Crippen LogP contribution in [0.2, 0.25) is 0 Å². The van der Waals surface area contributed by atoms with Gasteiger partial charge in [0.05, 0.1) is 12.2 Å². The van der Waals surface area contributed by atoms with Gasteiger partial charge in [-0.1, -0.05) is 20.8 Å². The maximum Gasteiger partial charge on any atom is 0.107 e. The van der Waals surface area contributed by atoms with E-state index in [-0.39, 0.29) is 30.2 Å². The number of hydrogen-bond donors (Lipinski definition) is 1. The van der Waals surface area contributed by atoms with E-state index in [2.05, 4.69) is 36.4 Å². The monoisotopic (exact) mass is 311 g/mol. The quantitative estimate of drug-likeness (QED) is 0.910. The van der Waals surface area contributed by atoms with E-state index in [1.54, 1.807) is 11.3 Å². The lowest BCUT2D eigenvalue weighted by molar-refractivity contribution is 0.232. The van der Waals surface area contributed by atoms with Crippen molar-refractivity contribution >= 4 is 36.2 Å². The first kappa shape index (κ1) is 18.1. The summed E-state index contributed by atoms with van der Waals surface area (Å²) in [6.45, 7) is 12.2. The molecule has 0 aromatic carbocycles. The lowest BCUT2D eigenvalue weighted by Crippen LogP contribution is -2.42. The van der Waals surface area contributed by atoms with E-state index in [9.17, 15) is 0 Å². The molecule has 0 bridgehead atoms. The lowest BCUT2D eigenvalue weighted by Gasteiger charge is -2.26. The molecule has 3 nitrogen and oxygen atoms in total. The van der Waals surface area contributed by atoms with Crippen LogP contribution in [0.25, 0.3) is 0 Å². The van der Waals surface area contributed by atoms with E-state index in [1.165, 1.54) is 10.7 Å². The first-order valence-electron chi connectivity index (χ1n) is 5.94. The number of piperazine rings is 1. The summed E-state index contributed by atoms with van der Waals surface area (Å²) < 4.78 is 0. The van der Waals surface area contributed by atoms with Gasteiger partial charge in [0.25, 0.3) is 0 Å². The average molecular weight is 312 g/mol. The van der Waals surface area contributed by atoms with Crippen LogP contribution >= 0.6 is 36.2 Å². The molecule has 106 valence electrons. The van der Waals surface area contributed by atoms with Gasteiger partial charge in [0.1, 0.15) is 5.01 Å². The van der Waals surface area contributed by atoms with Gasteiger partial charge in [-0.05, 0) is 0 Å². The standard InChI is InChI=1S/C12H21N3S.2ClH/c1-12(2,3)10-9-16-11(14-10)8-15-6-4-13-5-7-15;;/h9,13H,4-8H2,1-3H3;2*1H. The summed E-state index contributed by atoms with van der Waals surface area (Å²) in [6, 6.07) is 0. The van der Waals surface area contributed by atoms with Gasteiger partial charge >= 0.3 is 0 Å². The van der Waals surface area contributed by atoms with Crippen molar-refractivity contribution in [3.05, 3.63) is 16.1 Å². The molecule has 1 aromatic heterocycles. The minimum Gasteiger partial charge on any atom is -0.314 e. The maximum absolute atomic E-state index is 4.73. The minimum atomic E-state index is 0. The Kier molecular flexibility index (Phi) is 7.71. The highest BCUT2D eigenvalue weighted by Gasteiger charge is 2.18. The summed E-state index contributed by atoms with van der Waals surface area (Å²) in [5.41, 5.74) is 1.40. The summed E-state index contributed by atoms with van der Waals surface area (Å²) >= 11 is 1.80. The topological polar surface area (TPSA) is 28.2 Å². The molecule has 1 N–H and O–H groups in total. The van der Waals surface area contributed by atoms with Gasteiger partial charge < -0.3 is 5.32 Å². The van der Waals surface area contributed by atoms with Crippen molar-refractivity contribution < 1.29 is 0 Å². The number of halogens is 2. The van der Waals surface area contributed by atoms with Crippen LogP contribution in [0.1, 0.15) is 31.5 Å². The Labute approximate surface area is 126 Å². The molecule has 0 spiro atoms. The molecule has 0 aliphatic carbocycles. The Balaban J connectivity index is 0.00000144. The molecular weight excluding hydrogens is 289 g/mol. The first-order valence-corrected chi connectivity index (χ1v) is 6.81. The fourth-order valence-corrected chi connectivity index (χ4v) is 2.85. The van der Waals surface area contributed by atoms with E-state index < -0.39 is 0 Å². The number of rotatable bonds is 2. The average Bonchev–Trinajstić information content (AvgIpc) is 2.67. The Bertz CT molecular complexity index is 343. The van der Waals surface area contributed by atoms with Crippen molar-refractivity contribution in [2.45, 2.75) is 32.7 Å². The molecular formula is C12H23Cl2N3S. The van der Waals surface area contributed by atoms with Gasteiger partial charge in [-0.2, -0.15) is 0 Å². The van der Waals surface area contributed by atoms with Crippen LogP contribution in [0.4, 0.5) is 0 Å². The molecule has 2 rings (SSSR count). The summed E-state index contributed by atoms with van der Waals surface area (Å²) in [7, 11) is 0. The Morgan fingerprint density at radius 3 is 2.39 bits per heavy atom. The van der Waals surface area contributed by atoms with Crippen molar-refractivity contribution in [3.63, 3.8) is 0 Å². The fraction of sp³-hybridized carbons (Fsp3) is 0.750. The first-order chi connectivity index (χ1) is 7.55. The predicted molar refractivity (Wildman–Crippen MR) is 83.5 cm³/mol. The second-order valence-electron chi connectivity index (χ2n) is 5.40. The predicted octanol–water partition coefficient (Wildman–Crippen LogP) is 2.69. The molecule has 2 heterocycles. The van der Waals surface area contributed by atoms with Crippen molar-refractivity contribution in [3.8, 4) is 0 Å². The summed E-state index contributed by atoms with van der Waals surface area (Å²) in [5, 5.41) is 6.83. The molecule has 18 heavy (non-hydrogen) atoms. The van der Waals surface area contributed by atoms with Crippen LogP contribution in [-0.2, 0) is 12.0 Å². The van der Waals surface area contributed by atoms with Crippen LogP contribution in [-0.4, -0.2) is 36.1 Å². The third-order valence-corrected chi connectivity index (χ3v) is 3.72. The maximum atomic E-state index is 4.73. The second kappa shape index (κ2) is 7.65. The number of nitrogens with zero attached hydrogens (tertiary/aromatic N) is 2. The third kappa shape index (κ3) is 5.02. The van der Waals surface area contributed by atoms with Crippen LogP contribution < -0.4 is 5.32 Å². The highest BCUT2D eigenvalue weighted by Crippen LogP contribution is 2.24. The van der Waals surface area contributed by atoms with E-state index in [0.29, 0.717) is 0 Å². The molecule has 6 heteroatoms. The number of nitrogens with one attached hydrogen (secondary N) is 1. The van der Waals surface area contributed by atoms with Gasteiger partial charge in [0.2, 0.25) is 0 Å². The van der Waals surface area contributed by atoms with E-state index >= 15 is 0 Å². The number of aromatic nitrogens is 1. The molecule has 1 fully saturated rings. The van der Waals surface area contributed by atoms with E-state index in [1.807, 2.05) is 0 Å². The summed E-state index contributed by atoms with van der Waals surface area (Å²) in [4.78, 5) is 7.21. The highest BCUT2D eigenvalue weighted by atomic mass is 35.5. The Morgan fingerprint density at radius 2 is 1.89 bits per heavy atom. The fourth-order valence-electron chi connectivity index (χ4n) is 1.79. The zero-order valence-corrected chi connectivity index (χ0v) is 13.7. The van der Waals surface area contributed by atoms with Crippen LogP contribution in [0.15, 0.2) is 5.38 Å². The largest absolute Gasteiger partial charge is 0.314 e. The van der Waals surface area contributed by atoms with Gasteiger partial charge in [0, 0.05) is 37.0 Å². The SMILES string of the molecule is CC(C)(C)c1csc(CN2CCNCC2)n1.Cl.Cl. The molecule has 1 aliphatic heterocycles. The molecule has 1 aliphatic rings. The van der Waals surface area contributed by atoms with Crippen LogP contribution in [0.5, 0.6) is 0 Å². The molecule has 0 amide bonds. The number of hydrogen-bond acceptors (Lipinski definition) is 4. The normalized spacial score (nSPS) is 16.8. The molecule has 0 unspecified atom stereocenters. The van der Waals surface area contributed by atoms with Crippen molar-refractivity contribution in [2.75, 3.05) is 26.2 Å². The Morgan fingerprint density at radius 1 is 1.28 bits per heavy atom. The Hall–Kier alpha value is 0.130. The summed E-state index contributed by atoms with van der Waals surface area (Å²) in [6.07, 6.45) is 0. The van der Waals surface area contributed by atoms with Gasteiger partial charge in [-0.15, -0.1) is 36.2 Å². The highest BCUT2D eigenvalue weighted by molar-refractivity contribution is 7.09. The molecule has 1 aromatic rings. The zero-order valence-electron chi connectivity index (χ0n) is 11.2. The molecule has 0 radical (unpaired) electrons. The van der Waals surface area contributed by atoms with Crippen molar-refractivity contribution in [1.82, 2.24) is 15.2 Å². The van der Waals surface area contributed by atoms with Crippen molar-refractivity contribution in [2.24, 2.45) is 0 Å². The number of thiazole rings is 1. The van der Waals surface area contributed by atoms with Gasteiger partial charge in [-0.3, -0.25) is 4.90 Å². The molecule has 1 saturated heterocycles. The van der Waals surface area contributed by atoms with Gasteiger partial charge in [-0.25, -0.2) is 4.98 Å².